The van der Waals surface area contributed by atoms with E-state index in [1.54, 1.807) is 41.2 Å². The Bertz CT molecular complexity index is 1690. The molecule has 2 heterocycles. The monoisotopic (exact) mass is 558 g/mol. The van der Waals surface area contributed by atoms with E-state index in [0.717, 1.165) is 27.8 Å². The molecule has 0 saturated heterocycles. The summed E-state index contributed by atoms with van der Waals surface area (Å²) in [6.07, 6.45) is 1.62. The summed E-state index contributed by atoms with van der Waals surface area (Å²) in [5, 5.41) is 34.0. The largest absolute Gasteiger partial charge is 0.457 e. The molecule has 0 unspecified atom stereocenters. The van der Waals surface area contributed by atoms with Gasteiger partial charge in [-0.25, -0.2) is 18.5 Å². The highest BCUT2D eigenvalue weighted by molar-refractivity contribution is 5.88. The van der Waals surface area contributed by atoms with E-state index >= 15 is 0 Å². The number of aliphatic hydroxyl groups is 2. The van der Waals surface area contributed by atoms with Crippen LogP contribution in [0, 0.1) is 5.82 Å². The third-order valence-corrected chi connectivity index (χ3v) is 6.52. The number of aromatic nitrogens is 4. The highest BCUT2D eigenvalue weighted by Gasteiger charge is 2.22. The summed E-state index contributed by atoms with van der Waals surface area (Å²) in [5.41, 5.74) is 3.18. The van der Waals surface area contributed by atoms with E-state index in [-0.39, 0.29) is 25.3 Å². The van der Waals surface area contributed by atoms with Crippen molar-refractivity contribution >= 4 is 22.8 Å². The van der Waals surface area contributed by atoms with Crippen molar-refractivity contribution in [2.75, 3.05) is 5.32 Å². The first-order valence-corrected chi connectivity index (χ1v) is 13.0. The lowest BCUT2D eigenvalue weighted by molar-refractivity contribution is 0.200. The van der Waals surface area contributed by atoms with Crippen LogP contribution in [-0.2, 0) is 25.3 Å². The van der Waals surface area contributed by atoms with E-state index in [9.17, 15) is 19.4 Å². The molecule has 5 aromatic rings. The van der Waals surface area contributed by atoms with E-state index in [2.05, 4.69) is 15.7 Å². The van der Waals surface area contributed by atoms with Gasteiger partial charge in [-0.05, 0) is 54.1 Å². The smallest absolute Gasteiger partial charge is 0.320 e. The normalized spacial score (nSPS) is 11.6. The van der Waals surface area contributed by atoms with Gasteiger partial charge in [0.05, 0.1) is 29.7 Å². The third-order valence-electron chi connectivity index (χ3n) is 6.52. The Hall–Kier alpha value is -4.74. The Morgan fingerprint density at radius 3 is 2.51 bits per heavy atom. The minimum atomic E-state index is -0.508. The van der Waals surface area contributed by atoms with Gasteiger partial charge in [0, 0.05) is 29.0 Å². The van der Waals surface area contributed by atoms with Crippen LogP contribution >= 0.6 is 0 Å². The van der Waals surface area contributed by atoms with Crippen molar-refractivity contribution in [3.05, 3.63) is 95.6 Å². The maximum absolute atomic E-state index is 14.2. The predicted molar refractivity (Wildman–Crippen MR) is 152 cm³/mol. The van der Waals surface area contributed by atoms with Gasteiger partial charge in [-0.15, -0.1) is 0 Å². The van der Waals surface area contributed by atoms with Crippen LogP contribution in [0.15, 0.2) is 72.9 Å². The lowest BCUT2D eigenvalue weighted by atomic mass is 9.92. The molecule has 212 valence electrons. The van der Waals surface area contributed by atoms with E-state index in [1.165, 1.54) is 22.9 Å². The molecule has 41 heavy (non-hydrogen) atoms. The van der Waals surface area contributed by atoms with Crippen molar-refractivity contribution in [1.82, 2.24) is 24.9 Å². The molecule has 5 rings (SSSR count). The molecule has 0 radical (unpaired) electrons. The van der Waals surface area contributed by atoms with Gasteiger partial charge >= 0.3 is 6.03 Å². The maximum atomic E-state index is 14.2. The molecule has 3 aromatic carbocycles. The zero-order valence-corrected chi connectivity index (χ0v) is 22.9. The molecule has 10 nitrogen and oxygen atoms in total. The minimum absolute atomic E-state index is 0.00488. The van der Waals surface area contributed by atoms with Gasteiger partial charge < -0.3 is 20.3 Å². The molecule has 2 aromatic heterocycles. The number of nitrogens with zero attached hydrogens (tertiary/aromatic N) is 4. The van der Waals surface area contributed by atoms with Gasteiger partial charge in [0.25, 0.3) is 0 Å². The number of amides is 2. The summed E-state index contributed by atoms with van der Waals surface area (Å²) in [6.45, 7) is 5.76. The van der Waals surface area contributed by atoms with Crippen molar-refractivity contribution < 1.29 is 24.1 Å². The van der Waals surface area contributed by atoms with Crippen LogP contribution in [-0.4, -0.2) is 35.8 Å². The molecule has 0 spiro atoms. The number of ether oxygens (including phenoxy) is 1. The average Bonchev–Trinajstić information content (AvgIpc) is 3.57. The third kappa shape index (κ3) is 6.21. The Kier molecular flexibility index (Phi) is 7.73. The Morgan fingerprint density at radius 2 is 1.80 bits per heavy atom. The molecule has 4 N–H and O–H groups in total. The number of hydrogen-bond donors (Lipinski definition) is 4. The number of anilines is 1. The summed E-state index contributed by atoms with van der Waals surface area (Å²) in [4.78, 5) is 13.0. The van der Waals surface area contributed by atoms with Crippen LogP contribution in [0.4, 0.5) is 15.0 Å². The van der Waals surface area contributed by atoms with Gasteiger partial charge in [0.1, 0.15) is 29.9 Å². The SMILES string of the molecule is CC(C)(C)c1cc(NC(=O)NCc2cc(F)ccc2Oc2ccc3c(cnn3CO)c2)n(-c2ccc(CO)cc2)n1. The molecule has 0 aliphatic carbocycles. The first-order chi connectivity index (χ1) is 19.6. The number of halogens is 1. The van der Waals surface area contributed by atoms with Crippen molar-refractivity contribution in [3.63, 3.8) is 0 Å². The summed E-state index contributed by atoms with van der Waals surface area (Å²) < 4.78 is 23.3. The second kappa shape index (κ2) is 11.4. The van der Waals surface area contributed by atoms with Gasteiger partial charge in [-0.3, -0.25) is 5.32 Å². The number of carbonyl (C=O) groups is 1. The standard InChI is InChI=1S/C30H31FN6O4/c1-30(2,3)27-14-28(37(35-27)23-7-4-19(17-38)5-8-23)34-29(40)32-15-21-12-22(31)6-11-26(21)41-24-9-10-25-20(13-24)16-33-36(25)18-39/h4-14,16,38-39H,15,17-18H2,1-3H3,(H2,32,34,40). The molecule has 0 aliphatic heterocycles. The van der Waals surface area contributed by atoms with Crippen LogP contribution in [0.5, 0.6) is 11.5 Å². The molecule has 0 atom stereocenters. The number of nitrogens with one attached hydrogen (secondary N) is 2. The Balaban J connectivity index is 1.33. The first kappa shape index (κ1) is 27.8. The Morgan fingerprint density at radius 1 is 1.02 bits per heavy atom. The first-order valence-electron chi connectivity index (χ1n) is 13.0. The number of rotatable bonds is 8. The number of benzene rings is 3. The lowest BCUT2D eigenvalue weighted by Gasteiger charge is -2.14. The Labute approximate surface area is 236 Å². The van der Waals surface area contributed by atoms with Gasteiger partial charge in [-0.2, -0.15) is 10.2 Å². The zero-order chi connectivity index (χ0) is 29.1. The van der Waals surface area contributed by atoms with E-state index in [1.807, 2.05) is 39.0 Å². The maximum Gasteiger partial charge on any atom is 0.320 e. The van der Waals surface area contributed by atoms with Crippen molar-refractivity contribution in [3.8, 4) is 17.2 Å². The van der Waals surface area contributed by atoms with E-state index in [4.69, 9.17) is 9.84 Å². The van der Waals surface area contributed by atoms with Crippen molar-refractivity contribution in [2.45, 2.75) is 46.1 Å². The van der Waals surface area contributed by atoms with E-state index in [0.29, 0.717) is 22.9 Å². The van der Waals surface area contributed by atoms with Crippen LogP contribution in [0.25, 0.3) is 16.6 Å². The molecule has 11 heteroatoms. The number of hydrogen-bond acceptors (Lipinski definition) is 6. The van der Waals surface area contributed by atoms with E-state index < -0.39 is 11.8 Å². The van der Waals surface area contributed by atoms with Crippen LogP contribution in [0.3, 0.4) is 0 Å². The average molecular weight is 559 g/mol. The molecule has 0 saturated carbocycles. The number of urea groups is 1. The fraction of sp³-hybridized carbons (Fsp3) is 0.233. The van der Waals surface area contributed by atoms with Gasteiger partial charge in [0.2, 0.25) is 0 Å². The summed E-state index contributed by atoms with van der Waals surface area (Å²) >= 11 is 0. The lowest BCUT2D eigenvalue weighted by Crippen LogP contribution is -2.29. The van der Waals surface area contributed by atoms with Crippen LogP contribution < -0.4 is 15.4 Å². The summed E-state index contributed by atoms with van der Waals surface area (Å²) in [5.74, 6) is 0.868. The van der Waals surface area contributed by atoms with Crippen molar-refractivity contribution in [1.29, 1.82) is 0 Å². The molecule has 0 fully saturated rings. The minimum Gasteiger partial charge on any atom is -0.457 e. The topological polar surface area (TPSA) is 126 Å². The highest BCUT2D eigenvalue weighted by atomic mass is 19.1. The van der Waals surface area contributed by atoms with Gasteiger partial charge in [-0.1, -0.05) is 32.9 Å². The molecular formula is C30H31FN6O4. The fourth-order valence-electron chi connectivity index (χ4n) is 4.27. The van der Waals surface area contributed by atoms with Crippen molar-refractivity contribution in [2.24, 2.45) is 0 Å². The summed E-state index contributed by atoms with van der Waals surface area (Å²) in [7, 11) is 0. The van der Waals surface area contributed by atoms with Gasteiger partial charge in [0.15, 0.2) is 0 Å². The fourth-order valence-corrected chi connectivity index (χ4v) is 4.27. The molecular weight excluding hydrogens is 527 g/mol. The molecule has 0 aliphatic rings. The molecule has 2 amide bonds. The number of fused-ring (bicyclic) bond motifs is 1. The zero-order valence-electron chi connectivity index (χ0n) is 22.9. The number of carbonyl (C=O) groups excluding carboxylic acids is 1. The summed E-state index contributed by atoms with van der Waals surface area (Å²) in [6, 6.07) is 17.9. The highest BCUT2D eigenvalue weighted by Crippen LogP contribution is 2.29. The second-order valence-electron chi connectivity index (χ2n) is 10.6. The van der Waals surface area contributed by atoms with Crippen LogP contribution in [0.1, 0.15) is 37.6 Å². The molecule has 0 bridgehead atoms. The predicted octanol–water partition coefficient (Wildman–Crippen LogP) is 5.21. The quantitative estimate of drug-likeness (QED) is 0.207. The number of aliphatic hydroxyl groups excluding tert-OH is 2. The van der Waals surface area contributed by atoms with Crippen LogP contribution in [0.2, 0.25) is 0 Å². The second-order valence-corrected chi connectivity index (χ2v) is 10.6.